The van der Waals surface area contributed by atoms with Gasteiger partial charge in [0.1, 0.15) is 30.0 Å². The number of aryl methyl sites for hydroxylation is 1. The smallest absolute Gasteiger partial charge is 0.226 e. The van der Waals surface area contributed by atoms with Crippen molar-refractivity contribution in [1.82, 2.24) is 14.8 Å². The van der Waals surface area contributed by atoms with Crippen LogP contribution in [0.2, 0.25) is 5.02 Å². The van der Waals surface area contributed by atoms with Gasteiger partial charge in [0.2, 0.25) is 5.95 Å². The molecule has 0 unspecified atom stereocenters. The molecule has 3 aromatic carbocycles. The SMILES string of the molecule is COc1ccc([C@@H]2Oc3ccc(Cl)cc3C3=C2[C@@H](c2ccc(C)cc2)n2ncnc2N3)cc1Br. The lowest BCUT2D eigenvalue weighted by molar-refractivity contribution is 0.223. The Morgan fingerprint density at radius 2 is 1.85 bits per heavy atom. The Balaban J connectivity index is 1.62. The summed E-state index contributed by atoms with van der Waals surface area (Å²) in [6.45, 7) is 2.08. The molecule has 170 valence electrons. The number of nitrogens with zero attached hydrogens (tertiary/aromatic N) is 3. The maximum Gasteiger partial charge on any atom is 0.226 e. The second kappa shape index (κ2) is 8.18. The van der Waals surface area contributed by atoms with Crippen LogP contribution < -0.4 is 14.8 Å². The first kappa shape index (κ1) is 21.3. The Labute approximate surface area is 210 Å². The first-order chi connectivity index (χ1) is 16.5. The van der Waals surface area contributed by atoms with Crippen LogP contribution in [0.25, 0.3) is 5.70 Å². The van der Waals surface area contributed by atoms with Crippen molar-refractivity contribution in [3.63, 3.8) is 0 Å². The van der Waals surface area contributed by atoms with Crippen molar-refractivity contribution >= 4 is 39.2 Å². The number of fused-ring (bicyclic) bond motifs is 3. The summed E-state index contributed by atoms with van der Waals surface area (Å²) in [7, 11) is 1.65. The molecule has 6 rings (SSSR count). The molecule has 4 aromatic rings. The molecular formula is C26H20BrClN4O2. The summed E-state index contributed by atoms with van der Waals surface area (Å²) in [5.41, 5.74) is 6.15. The number of methoxy groups -OCH3 is 1. The minimum absolute atomic E-state index is 0.215. The summed E-state index contributed by atoms with van der Waals surface area (Å²) in [6, 6.07) is 20.0. The number of rotatable bonds is 3. The summed E-state index contributed by atoms with van der Waals surface area (Å²) in [6.07, 6.45) is 1.20. The van der Waals surface area contributed by atoms with Gasteiger partial charge in [-0.05, 0) is 64.3 Å². The third kappa shape index (κ3) is 3.38. The van der Waals surface area contributed by atoms with Crippen LogP contribution in [-0.4, -0.2) is 21.9 Å². The van der Waals surface area contributed by atoms with E-state index in [1.165, 1.54) is 5.56 Å². The van der Waals surface area contributed by atoms with E-state index in [0.29, 0.717) is 11.0 Å². The molecular weight excluding hydrogens is 516 g/mol. The van der Waals surface area contributed by atoms with Gasteiger partial charge in [0, 0.05) is 16.2 Å². The first-order valence-electron chi connectivity index (χ1n) is 10.8. The molecule has 0 aliphatic carbocycles. The van der Waals surface area contributed by atoms with E-state index >= 15 is 0 Å². The molecule has 8 heteroatoms. The highest BCUT2D eigenvalue weighted by atomic mass is 79.9. The molecule has 0 spiro atoms. The summed E-state index contributed by atoms with van der Waals surface area (Å²) < 4.78 is 14.9. The van der Waals surface area contributed by atoms with Gasteiger partial charge < -0.3 is 14.8 Å². The number of ether oxygens (including phenoxy) is 2. The van der Waals surface area contributed by atoms with E-state index in [9.17, 15) is 0 Å². The minimum Gasteiger partial charge on any atom is -0.496 e. The van der Waals surface area contributed by atoms with E-state index in [4.69, 9.17) is 21.1 Å². The molecule has 2 aliphatic heterocycles. The van der Waals surface area contributed by atoms with E-state index < -0.39 is 0 Å². The van der Waals surface area contributed by atoms with Gasteiger partial charge >= 0.3 is 0 Å². The molecule has 6 nitrogen and oxygen atoms in total. The monoisotopic (exact) mass is 534 g/mol. The average molecular weight is 536 g/mol. The Hall–Kier alpha value is -3.29. The van der Waals surface area contributed by atoms with E-state index in [-0.39, 0.29) is 12.1 Å². The van der Waals surface area contributed by atoms with Gasteiger partial charge in [-0.15, -0.1) is 0 Å². The van der Waals surface area contributed by atoms with Crippen LogP contribution in [0, 0.1) is 6.92 Å². The van der Waals surface area contributed by atoms with E-state index in [2.05, 4.69) is 62.5 Å². The largest absolute Gasteiger partial charge is 0.496 e. The lowest BCUT2D eigenvalue weighted by Crippen LogP contribution is -2.32. The van der Waals surface area contributed by atoms with Gasteiger partial charge in [-0.1, -0.05) is 47.5 Å². The lowest BCUT2D eigenvalue weighted by Gasteiger charge is -2.39. The number of nitrogens with one attached hydrogen (secondary N) is 1. The van der Waals surface area contributed by atoms with Gasteiger partial charge in [0.15, 0.2) is 0 Å². The Morgan fingerprint density at radius 3 is 2.62 bits per heavy atom. The maximum atomic E-state index is 6.66. The number of hydrogen-bond donors (Lipinski definition) is 1. The Bertz CT molecular complexity index is 1450. The molecule has 2 atom stereocenters. The van der Waals surface area contributed by atoms with Gasteiger partial charge in [0.05, 0.1) is 17.3 Å². The summed E-state index contributed by atoms with van der Waals surface area (Å²) in [5.74, 6) is 2.19. The minimum atomic E-state index is -0.373. The molecule has 3 heterocycles. The lowest BCUT2D eigenvalue weighted by atomic mass is 9.84. The van der Waals surface area contributed by atoms with Crippen molar-refractivity contribution in [3.8, 4) is 11.5 Å². The van der Waals surface area contributed by atoms with Crippen molar-refractivity contribution < 1.29 is 9.47 Å². The molecule has 0 radical (unpaired) electrons. The highest BCUT2D eigenvalue weighted by molar-refractivity contribution is 9.10. The summed E-state index contributed by atoms with van der Waals surface area (Å²) in [4.78, 5) is 4.48. The third-order valence-corrected chi connectivity index (χ3v) is 7.10. The number of halogens is 2. The van der Waals surface area contributed by atoms with Crippen LogP contribution in [0.3, 0.4) is 0 Å². The molecule has 1 N–H and O–H groups in total. The van der Waals surface area contributed by atoms with Gasteiger partial charge in [-0.3, -0.25) is 0 Å². The summed E-state index contributed by atoms with van der Waals surface area (Å²) in [5, 5.41) is 8.72. The molecule has 34 heavy (non-hydrogen) atoms. The number of aromatic nitrogens is 3. The fourth-order valence-corrected chi connectivity index (χ4v) is 5.36. The van der Waals surface area contributed by atoms with Gasteiger partial charge in [-0.25, -0.2) is 4.68 Å². The standard InChI is InChI=1S/C26H20BrClN4O2/c1-14-3-5-15(6-4-14)24-22-23(31-26-29-13-30-32(24)26)18-12-17(28)8-10-20(18)34-25(22)16-7-9-21(33-2)19(27)11-16/h3-13,24-25H,1-2H3,(H,29,30,31)/t24-,25+/m1/s1. The maximum absolute atomic E-state index is 6.66. The van der Waals surface area contributed by atoms with E-state index in [1.807, 2.05) is 41.1 Å². The molecule has 1 aromatic heterocycles. The van der Waals surface area contributed by atoms with Crippen molar-refractivity contribution in [1.29, 1.82) is 0 Å². The average Bonchev–Trinajstić information content (AvgIpc) is 3.31. The van der Waals surface area contributed by atoms with Crippen molar-refractivity contribution in [2.24, 2.45) is 0 Å². The molecule has 0 saturated carbocycles. The van der Waals surface area contributed by atoms with Gasteiger partial charge in [-0.2, -0.15) is 10.1 Å². The molecule has 0 amide bonds. The number of anilines is 1. The molecule has 2 aliphatic rings. The summed E-state index contributed by atoms with van der Waals surface area (Å²) >= 11 is 10.0. The van der Waals surface area contributed by atoms with Crippen LogP contribution in [0.15, 0.2) is 77.0 Å². The first-order valence-corrected chi connectivity index (χ1v) is 12.0. The fraction of sp³-hybridized carbons (Fsp3) is 0.154. The molecule has 0 fully saturated rings. The zero-order valence-electron chi connectivity index (χ0n) is 18.4. The van der Waals surface area contributed by atoms with Gasteiger partial charge in [0.25, 0.3) is 0 Å². The van der Waals surface area contributed by atoms with Crippen molar-refractivity contribution in [3.05, 3.63) is 104 Å². The normalized spacial score (nSPS) is 18.4. The Morgan fingerprint density at radius 1 is 1.06 bits per heavy atom. The van der Waals surface area contributed by atoms with Crippen LogP contribution in [0.1, 0.15) is 34.4 Å². The van der Waals surface area contributed by atoms with Crippen LogP contribution in [0.5, 0.6) is 11.5 Å². The van der Waals surface area contributed by atoms with Crippen LogP contribution in [0.4, 0.5) is 5.95 Å². The van der Waals surface area contributed by atoms with Crippen molar-refractivity contribution in [2.45, 2.75) is 19.1 Å². The predicted molar refractivity (Wildman–Crippen MR) is 135 cm³/mol. The topological polar surface area (TPSA) is 61.2 Å². The second-order valence-corrected chi connectivity index (χ2v) is 9.62. The number of hydrogen-bond acceptors (Lipinski definition) is 5. The quantitative estimate of drug-likeness (QED) is 0.321. The molecule has 0 saturated heterocycles. The van der Waals surface area contributed by atoms with Crippen LogP contribution in [-0.2, 0) is 0 Å². The Kier molecular flexibility index (Phi) is 5.12. The van der Waals surface area contributed by atoms with E-state index in [1.54, 1.807) is 13.4 Å². The van der Waals surface area contributed by atoms with Crippen molar-refractivity contribution in [2.75, 3.05) is 12.4 Å². The fourth-order valence-electron chi connectivity index (χ4n) is 4.63. The zero-order chi connectivity index (χ0) is 23.4. The zero-order valence-corrected chi connectivity index (χ0v) is 20.8. The molecule has 0 bridgehead atoms. The highest BCUT2D eigenvalue weighted by Crippen LogP contribution is 2.51. The highest BCUT2D eigenvalue weighted by Gasteiger charge is 2.41. The van der Waals surface area contributed by atoms with Crippen LogP contribution >= 0.6 is 27.5 Å². The second-order valence-electron chi connectivity index (χ2n) is 8.33. The predicted octanol–water partition coefficient (Wildman–Crippen LogP) is 6.57. The third-order valence-electron chi connectivity index (χ3n) is 6.25. The van der Waals surface area contributed by atoms with E-state index in [0.717, 1.165) is 43.9 Å². The number of benzene rings is 3.